The number of carbonyl (C=O) groups excluding carboxylic acids is 2. The summed E-state index contributed by atoms with van der Waals surface area (Å²) in [5.41, 5.74) is 0.553. The van der Waals surface area contributed by atoms with Gasteiger partial charge in [-0.1, -0.05) is 13.8 Å². The molecule has 8 nitrogen and oxygen atoms in total. The normalized spacial score (nSPS) is 47.5. The number of ether oxygens (including phenoxy) is 4. The van der Waals surface area contributed by atoms with E-state index in [1.807, 2.05) is 6.92 Å². The minimum absolute atomic E-state index is 0.0260. The predicted octanol–water partition coefficient (Wildman–Crippen LogP) is 4.06. The van der Waals surface area contributed by atoms with Crippen molar-refractivity contribution in [2.24, 2.45) is 28.6 Å². The number of fused-ring (bicyclic) bond motifs is 1. The molecule has 0 spiro atoms. The smallest absolute Gasteiger partial charge is 0.314 e. The molecule has 5 aliphatic rings. The molecule has 8 heteroatoms. The fourth-order valence-electron chi connectivity index (χ4n) is 8.52. The van der Waals surface area contributed by atoms with Gasteiger partial charge in [-0.05, 0) is 81.1 Å². The van der Waals surface area contributed by atoms with E-state index in [1.54, 1.807) is 13.4 Å². The second-order valence-corrected chi connectivity index (χ2v) is 13.1. The van der Waals surface area contributed by atoms with Crippen molar-refractivity contribution in [1.29, 1.82) is 0 Å². The van der Waals surface area contributed by atoms with E-state index in [-0.39, 0.29) is 46.9 Å². The molecule has 5 rings (SSSR count). The van der Waals surface area contributed by atoms with Gasteiger partial charge in [0.05, 0.1) is 37.1 Å². The van der Waals surface area contributed by atoms with Crippen molar-refractivity contribution in [2.75, 3.05) is 7.11 Å². The van der Waals surface area contributed by atoms with Gasteiger partial charge in [-0.2, -0.15) is 0 Å². The van der Waals surface area contributed by atoms with Crippen LogP contribution in [0.3, 0.4) is 0 Å². The molecular formula is C30H46O8. The molecule has 0 aromatic carbocycles. The number of cyclic esters (lactones) is 1. The molecule has 2 N–H and O–H groups in total. The molecule has 0 aromatic heterocycles. The van der Waals surface area contributed by atoms with E-state index in [4.69, 9.17) is 18.9 Å². The Morgan fingerprint density at radius 3 is 2.61 bits per heavy atom. The summed E-state index contributed by atoms with van der Waals surface area (Å²) in [5, 5.41) is 21.3. The van der Waals surface area contributed by atoms with E-state index in [0.717, 1.165) is 50.5 Å². The molecule has 3 saturated carbocycles. The Bertz CT molecular complexity index is 933. The molecule has 1 saturated heterocycles. The van der Waals surface area contributed by atoms with E-state index in [0.29, 0.717) is 37.4 Å². The quantitative estimate of drug-likeness (QED) is 0.372. The maximum absolute atomic E-state index is 13.3. The molecule has 11 unspecified atom stereocenters. The van der Waals surface area contributed by atoms with Crippen LogP contribution in [-0.2, 0) is 28.5 Å². The molecule has 0 bridgehead atoms. The van der Waals surface area contributed by atoms with E-state index >= 15 is 0 Å². The average molecular weight is 535 g/mol. The van der Waals surface area contributed by atoms with Crippen LogP contribution in [0, 0.1) is 28.6 Å². The Kier molecular flexibility index (Phi) is 8.11. The monoisotopic (exact) mass is 534 g/mol. The Balaban J connectivity index is 1.23. The van der Waals surface area contributed by atoms with Gasteiger partial charge in [-0.25, -0.2) is 0 Å². The van der Waals surface area contributed by atoms with Gasteiger partial charge in [0.25, 0.3) is 0 Å². The minimum atomic E-state index is -0.655. The number of methoxy groups -OCH3 is 1. The number of Topliss-reactive ketones (excluding diaryl/α,β-unsaturated/α-hetero) is 1. The summed E-state index contributed by atoms with van der Waals surface area (Å²) in [5.74, 6) is 0.622. The number of hydrogen-bond acceptors (Lipinski definition) is 8. The minimum Gasteiger partial charge on any atom is -0.434 e. The highest BCUT2D eigenvalue weighted by Crippen LogP contribution is 2.57. The van der Waals surface area contributed by atoms with Gasteiger partial charge in [0.1, 0.15) is 11.9 Å². The molecule has 4 fully saturated rings. The van der Waals surface area contributed by atoms with Crippen molar-refractivity contribution in [3.8, 4) is 0 Å². The van der Waals surface area contributed by atoms with E-state index < -0.39 is 18.5 Å². The number of hydrogen-bond donors (Lipinski definition) is 2. The number of aliphatic hydroxyl groups excluding tert-OH is 2. The van der Waals surface area contributed by atoms with Gasteiger partial charge in [0.2, 0.25) is 0 Å². The van der Waals surface area contributed by atoms with Crippen molar-refractivity contribution in [3.63, 3.8) is 0 Å². The lowest BCUT2D eigenvalue weighted by molar-refractivity contribution is -0.269. The highest BCUT2D eigenvalue weighted by Gasteiger charge is 2.53. The highest BCUT2D eigenvalue weighted by molar-refractivity contribution is 5.82. The average Bonchev–Trinajstić information content (AvgIpc) is 3.43. The van der Waals surface area contributed by atoms with E-state index in [9.17, 15) is 19.8 Å². The Labute approximate surface area is 226 Å². The van der Waals surface area contributed by atoms with Gasteiger partial charge >= 0.3 is 5.97 Å². The van der Waals surface area contributed by atoms with Crippen molar-refractivity contribution in [3.05, 3.63) is 11.8 Å². The summed E-state index contributed by atoms with van der Waals surface area (Å²) in [7, 11) is 1.61. The van der Waals surface area contributed by atoms with Crippen molar-refractivity contribution in [2.45, 2.75) is 128 Å². The molecule has 2 aliphatic heterocycles. The van der Waals surface area contributed by atoms with Gasteiger partial charge in [0, 0.05) is 31.3 Å². The molecule has 11 atom stereocenters. The molecule has 38 heavy (non-hydrogen) atoms. The summed E-state index contributed by atoms with van der Waals surface area (Å²) >= 11 is 0. The zero-order valence-corrected chi connectivity index (χ0v) is 23.4. The third-order valence-corrected chi connectivity index (χ3v) is 11.1. The van der Waals surface area contributed by atoms with Gasteiger partial charge < -0.3 is 29.2 Å². The fraction of sp³-hybridized carbons (Fsp3) is 0.867. The first-order valence-electron chi connectivity index (χ1n) is 14.7. The number of ketones is 1. The zero-order chi connectivity index (χ0) is 27.2. The fourth-order valence-corrected chi connectivity index (χ4v) is 8.52. The summed E-state index contributed by atoms with van der Waals surface area (Å²) < 4.78 is 22.9. The standard InChI is InChI=1S/C30H46O8/c1-17-28(34)24(35-4)15-27(37-17)38-20-9-11-29(2)19(14-20)5-7-23(31)22(29)10-12-30(3)21(6-8-25(30)32)18-13-26(33)36-16-18/h16-17,19-22,24-25,27-28,32,34H,5-15H2,1-4H3. The highest BCUT2D eigenvalue weighted by atomic mass is 16.7. The largest absolute Gasteiger partial charge is 0.434 e. The molecule has 214 valence electrons. The third-order valence-electron chi connectivity index (χ3n) is 11.1. The number of esters is 1. The van der Waals surface area contributed by atoms with Crippen molar-refractivity contribution < 1.29 is 38.7 Å². The Morgan fingerprint density at radius 2 is 1.89 bits per heavy atom. The Morgan fingerprint density at radius 1 is 1.11 bits per heavy atom. The first kappa shape index (κ1) is 28.2. The first-order chi connectivity index (χ1) is 18.0. The van der Waals surface area contributed by atoms with E-state index in [1.165, 1.54) is 0 Å². The topological polar surface area (TPSA) is 112 Å². The summed E-state index contributed by atoms with van der Waals surface area (Å²) in [6.07, 6.45) is 7.64. The number of carbonyl (C=O) groups is 2. The van der Waals surface area contributed by atoms with Crippen LogP contribution >= 0.6 is 0 Å². The Hall–Kier alpha value is -1.32. The van der Waals surface area contributed by atoms with Crippen LogP contribution in [0.4, 0.5) is 0 Å². The summed E-state index contributed by atoms with van der Waals surface area (Å²) in [4.78, 5) is 25.1. The lowest BCUT2D eigenvalue weighted by atomic mass is 9.53. The first-order valence-corrected chi connectivity index (χ1v) is 14.7. The number of aliphatic hydroxyl groups is 2. The third kappa shape index (κ3) is 5.12. The van der Waals surface area contributed by atoms with Gasteiger partial charge in [-0.15, -0.1) is 0 Å². The molecule has 0 amide bonds. The van der Waals surface area contributed by atoms with Crippen LogP contribution < -0.4 is 0 Å². The van der Waals surface area contributed by atoms with Crippen LogP contribution in [-0.4, -0.2) is 65.9 Å². The molecule has 3 aliphatic carbocycles. The SMILES string of the molecule is COC1CC(OC2CCC3(C)C(CCC(=O)C3CCC3(C)C(O)CCC3C3=COC(=O)C3)C2)OC(C)C1O. The van der Waals surface area contributed by atoms with Crippen molar-refractivity contribution >= 4 is 11.8 Å². The zero-order valence-electron chi connectivity index (χ0n) is 23.4. The lowest BCUT2D eigenvalue weighted by Gasteiger charge is -2.52. The van der Waals surface area contributed by atoms with Crippen LogP contribution in [0.1, 0.15) is 91.4 Å². The molecule has 0 aromatic rings. The van der Waals surface area contributed by atoms with Crippen LogP contribution in [0.2, 0.25) is 0 Å². The van der Waals surface area contributed by atoms with Gasteiger partial charge in [0.15, 0.2) is 6.29 Å². The predicted molar refractivity (Wildman–Crippen MR) is 139 cm³/mol. The van der Waals surface area contributed by atoms with E-state index in [2.05, 4.69) is 13.8 Å². The van der Waals surface area contributed by atoms with Crippen LogP contribution in [0.15, 0.2) is 11.8 Å². The number of rotatable bonds is 7. The molecule has 0 radical (unpaired) electrons. The lowest BCUT2D eigenvalue weighted by Crippen LogP contribution is -2.52. The maximum Gasteiger partial charge on any atom is 0.314 e. The second kappa shape index (κ2) is 10.9. The molecular weight excluding hydrogens is 488 g/mol. The summed E-state index contributed by atoms with van der Waals surface area (Å²) in [6, 6.07) is 0. The van der Waals surface area contributed by atoms with Crippen molar-refractivity contribution in [1.82, 2.24) is 0 Å². The van der Waals surface area contributed by atoms with Crippen LogP contribution in [0.5, 0.6) is 0 Å². The summed E-state index contributed by atoms with van der Waals surface area (Å²) in [6.45, 7) is 6.27. The second-order valence-electron chi connectivity index (χ2n) is 13.1. The maximum atomic E-state index is 13.3. The van der Waals surface area contributed by atoms with Gasteiger partial charge in [-0.3, -0.25) is 9.59 Å². The molecule has 2 heterocycles. The van der Waals surface area contributed by atoms with Crippen LogP contribution in [0.25, 0.3) is 0 Å².